The number of nitrogens with zero attached hydrogens (tertiary/aromatic N) is 1. The Labute approximate surface area is 205 Å². The van der Waals surface area contributed by atoms with Crippen LogP contribution in [0.1, 0.15) is 49.2 Å². The van der Waals surface area contributed by atoms with E-state index in [0.29, 0.717) is 5.56 Å². The average Bonchev–Trinajstić information content (AvgIpc) is 2.83. The number of fused-ring (bicyclic) bond motifs is 1. The zero-order valence-corrected chi connectivity index (χ0v) is 20.2. The summed E-state index contributed by atoms with van der Waals surface area (Å²) >= 11 is 0. The van der Waals surface area contributed by atoms with Crippen LogP contribution in [-0.4, -0.2) is 40.8 Å². The molecular weight excluding hydrogens is 442 g/mol. The van der Waals surface area contributed by atoms with Crippen LogP contribution in [0.5, 0.6) is 0 Å². The Balaban J connectivity index is 1.71. The van der Waals surface area contributed by atoms with E-state index in [2.05, 4.69) is 23.6 Å². The van der Waals surface area contributed by atoms with Crippen molar-refractivity contribution < 1.29 is 19.8 Å². The maximum atomic E-state index is 11.8. The number of rotatable bonds is 7. The summed E-state index contributed by atoms with van der Waals surface area (Å²) in [6.07, 6.45) is 0.132. The summed E-state index contributed by atoms with van der Waals surface area (Å²) in [6.45, 7) is 4.84. The second-order valence-corrected chi connectivity index (χ2v) is 9.02. The molecule has 3 aromatic carbocycles. The molecule has 3 atom stereocenters. The molecule has 0 radical (unpaired) electrons. The van der Waals surface area contributed by atoms with Gasteiger partial charge in [-0.05, 0) is 85.5 Å². The maximum absolute atomic E-state index is 11.8. The molecule has 0 bridgehead atoms. The van der Waals surface area contributed by atoms with E-state index in [-0.39, 0.29) is 23.8 Å². The van der Waals surface area contributed by atoms with Gasteiger partial charge in [-0.3, -0.25) is 9.59 Å². The summed E-state index contributed by atoms with van der Waals surface area (Å²) in [4.78, 5) is 25.3. The zero-order valence-electron chi connectivity index (χ0n) is 20.2. The lowest BCUT2D eigenvalue weighted by Gasteiger charge is -2.43. The fourth-order valence-electron chi connectivity index (χ4n) is 4.80. The first-order chi connectivity index (χ1) is 16.8. The number of carbonyl (C=O) groups is 2. The molecule has 0 saturated heterocycles. The highest BCUT2D eigenvalue weighted by molar-refractivity contribution is 5.97. The van der Waals surface area contributed by atoms with Crippen LogP contribution in [0.15, 0.2) is 66.7 Å². The summed E-state index contributed by atoms with van der Waals surface area (Å²) in [6, 6.07) is 21.1. The minimum atomic E-state index is -0.637. The highest BCUT2D eigenvalue weighted by Crippen LogP contribution is 2.42. The van der Waals surface area contributed by atoms with Crippen LogP contribution in [0.3, 0.4) is 0 Å². The Bertz CT molecular complexity index is 1220. The van der Waals surface area contributed by atoms with E-state index in [9.17, 15) is 14.7 Å². The van der Waals surface area contributed by atoms with Gasteiger partial charge in [0.15, 0.2) is 5.78 Å². The standard InChI is InChI=1S/C28H31N3O4/c1-17-13-26(30-23-10-7-20(8-11-23)28(35)16-32)25-15-22(9-12-27(25)31(17)19(3)34)21-5-4-6-24(14-21)29-18(2)33/h4-12,14-15,17,19,26,30,32,34H,13,16H2,1-3H3,(H,29,33)/t17-,19?,26+/m0/s1. The van der Waals surface area contributed by atoms with Crippen molar-refractivity contribution in [3.8, 4) is 11.1 Å². The van der Waals surface area contributed by atoms with E-state index >= 15 is 0 Å². The number of anilines is 3. The molecule has 1 unspecified atom stereocenters. The second kappa shape index (κ2) is 10.3. The van der Waals surface area contributed by atoms with Crippen molar-refractivity contribution in [2.45, 2.75) is 45.5 Å². The molecule has 0 aliphatic carbocycles. The third-order valence-corrected chi connectivity index (χ3v) is 6.34. The first-order valence-electron chi connectivity index (χ1n) is 11.8. The second-order valence-electron chi connectivity index (χ2n) is 9.02. The highest BCUT2D eigenvalue weighted by Gasteiger charge is 2.32. The predicted octanol–water partition coefficient (Wildman–Crippen LogP) is 4.58. The van der Waals surface area contributed by atoms with Gasteiger partial charge >= 0.3 is 0 Å². The monoisotopic (exact) mass is 473 g/mol. The number of ketones is 1. The van der Waals surface area contributed by atoms with Gasteiger partial charge in [0, 0.05) is 35.6 Å². The average molecular weight is 474 g/mol. The molecule has 35 heavy (non-hydrogen) atoms. The molecule has 1 heterocycles. The van der Waals surface area contributed by atoms with Gasteiger partial charge in [-0.25, -0.2) is 0 Å². The summed E-state index contributed by atoms with van der Waals surface area (Å²) < 4.78 is 0. The summed E-state index contributed by atoms with van der Waals surface area (Å²) in [5.41, 5.74) is 6.08. The van der Waals surface area contributed by atoms with Gasteiger partial charge in [-0.15, -0.1) is 0 Å². The molecule has 7 heteroatoms. The maximum Gasteiger partial charge on any atom is 0.221 e. The molecule has 0 fully saturated rings. The molecule has 7 nitrogen and oxygen atoms in total. The lowest BCUT2D eigenvalue weighted by molar-refractivity contribution is -0.114. The van der Waals surface area contributed by atoms with Gasteiger partial charge in [0.1, 0.15) is 12.8 Å². The van der Waals surface area contributed by atoms with E-state index in [1.807, 2.05) is 53.4 Å². The molecule has 4 rings (SSSR count). The first kappa shape index (κ1) is 24.4. The van der Waals surface area contributed by atoms with Crippen LogP contribution >= 0.6 is 0 Å². The minimum Gasteiger partial charge on any atom is -0.388 e. The van der Waals surface area contributed by atoms with Crippen molar-refractivity contribution in [1.29, 1.82) is 0 Å². The molecule has 1 amide bonds. The molecular formula is C28H31N3O4. The Hall–Kier alpha value is -3.68. The molecule has 1 aliphatic rings. The number of hydrogen-bond donors (Lipinski definition) is 4. The first-order valence-corrected chi connectivity index (χ1v) is 11.8. The quantitative estimate of drug-likeness (QED) is 0.375. The summed E-state index contributed by atoms with van der Waals surface area (Å²) in [7, 11) is 0. The summed E-state index contributed by atoms with van der Waals surface area (Å²) in [5, 5.41) is 26.0. The van der Waals surface area contributed by atoms with Crippen LogP contribution in [0.25, 0.3) is 11.1 Å². The fourth-order valence-corrected chi connectivity index (χ4v) is 4.80. The molecule has 4 N–H and O–H groups in total. The molecule has 0 aromatic heterocycles. The third kappa shape index (κ3) is 5.37. The lowest BCUT2D eigenvalue weighted by Crippen LogP contribution is -2.45. The van der Waals surface area contributed by atoms with Gasteiger partial charge in [-0.2, -0.15) is 0 Å². The number of aliphatic hydroxyl groups excluding tert-OH is 2. The molecule has 1 aliphatic heterocycles. The van der Waals surface area contributed by atoms with Crippen molar-refractivity contribution in [3.05, 3.63) is 77.9 Å². The van der Waals surface area contributed by atoms with E-state index < -0.39 is 12.8 Å². The van der Waals surface area contributed by atoms with Crippen LogP contribution in [0, 0.1) is 0 Å². The van der Waals surface area contributed by atoms with Gasteiger partial charge in [0.2, 0.25) is 5.91 Å². The largest absolute Gasteiger partial charge is 0.388 e. The van der Waals surface area contributed by atoms with Crippen molar-refractivity contribution in [2.75, 3.05) is 22.1 Å². The van der Waals surface area contributed by atoms with Crippen LogP contribution < -0.4 is 15.5 Å². The van der Waals surface area contributed by atoms with Gasteiger partial charge < -0.3 is 25.7 Å². The van der Waals surface area contributed by atoms with Gasteiger partial charge in [0.05, 0.1) is 6.04 Å². The number of benzene rings is 3. The Morgan fingerprint density at radius 3 is 2.40 bits per heavy atom. The topological polar surface area (TPSA) is 102 Å². The number of aliphatic hydroxyl groups is 2. The molecule has 3 aromatic rings. The number of carbonyl (C=O) groups excluding carboxylic acids is 2. The zero-order chi connectivity index (χ0) is 25.1. The Morgan fingerprint density at radius 1 is 1.03 bits per heavy atom. The van der Waals surface area contributed by atoms with Crippen molar-refractivity contribution in [2.24, 2.45) is 0 Å². The number of nitrogens with one attached hydrogen (secondary N) is 2. The lowest BCUT2D eigenvalue weighted by atomic mass is 9.88. The third-order valence-electron chi connectivity index (χ3n) is 6.34. The minimum absolute atomic E-state index is 0.0205. The van der Waals surface area contributed by atoms with Gasteiger partial charge in [0.25, 0.3) is 0 Å². The van der Waals surface area contributed by atoms with Crippen LogP contribution in [-0.2, 0) is 4.79 Å². The normalized spacial score (nSPS) is 17.9. The molecule has 0 saturated carbocycles. The predicted molar refractivity (Wildman–Crippen MR) is 139 cm³/mol. The number of amides is 1. The van der Waals surface area contributed by atoms with E-state index in [1.165, 1.54) is 6.92 Å². The molecule has 0 spiro atoms. The van der Waals surface area contributed by atoms with Crippen molar-refractivity contribution >= 4 is 28.8 Å². The fraction of sp³-hybridized carbons (Fsp3) is 0.286. The van der Waals surface area contributed by atoms with Crippen LogP contribution in [0.2, 0.25) is 0 Å². The number of hydrogen-bond acceptors (Lipinski definition) is 6. The van der Waals surface area contributed by atoms with E-state index in [1.54, 1.807) is 19.1 Å². The SMILES string of the molecule is CC(=O)Nc1cccc(-c2ccc3c(c2)[C@H](Nc2ccc(C(=O)CO)cc2)C[C@H](C)N3C(C)O)c1. The van der Waals surface area contributed by atoms with Crippen LogP contribution in [0.4, 0.5) is 17.1 Å². The van der Waals surface area contributed by atoms with E-state index in [0.717, 1.165) is 40.2 Å². The molecule has 182 valence electrons. The summed E-state index contributed by atoms with van der Waals surface area (Å²) in [5.74, 6) is -0.433. The van der Waals surface area contributed by atoms with Gasteiger partial charge in [-0.1, -0.05) is 18.2 Å². The number of Topliss-reactive ketones (excluding diaryl/α,β-unsaturated/α-hetero) is 1. The Kier molecular flexibility index (Phi) is 7.19. The van der Waals surface area contributed by atoms with Crippen molar-refractivity contribution in [3.63, 3.8) is 0 Å². The smallest absolute Gasteiger partial charge is 0.221 e. The van der Waals surface area contributed by atoms with E-state index in [4.69, 9.17) is 5.11 Å². The van der Waals surface area contributed by atoms with Crippen molar-refractivity contribution in [1.82, 2.24) is 0 Å². The Morgan fingerprint density at radius 2 is 1.74 bits per heavy atom. The highest BCUT2D eigenvalue weighted by atomic mass is 16.3.